The smallest absolute Gasteiger partial charge is 0.342 e. The summed E-state index contributed by atoms with van der Waals surface area (Å²) in [6.07, 6.45) is -5.74. The molecule has 0 radical (unpaired) electrons. The summed E-state index contributed by atoms with van der Waals surface area (Å²) >= 11 is 0. The maximum absolute atomic E-state index is 13.1. The Hall–Kier alpha value is -3.84. The van der Waals surface area contributed by atoms with E-state index in [-0.39, 0.29) is 50.9 Å². The molecular weight excluding hydrogens is 558 g/mol. The minimum Gasteiger partial charge on any atom is -0.483 e. The number of benzene rings is 3. The van der Waals surface area contributed by atoms with Crippen LogP contribution in [0.1, 0.15) is 22.8 Å². The standard InChI is InChI=1S/C32H37NO10/c1-21-28(35)29(36)30(37)32(43-21)40-17-16-39-15-14-33-27(34)20-41-26-13-12-24(23-10-6-3-7-11-23)18-25(26)31(38)42-19-22-8-4-2-5-9-22/h2-13,18,21,28-30,32,35-37H,14-17,19-20H2,1H3,(H,33,34)/t21-,28-,29+,30+,32+/m0/s1. The van der Waals surface area contributed by atoms with E-state index in [9.17, 15) is 24.9 Å². The van der Waals surface area contributed by atoms with Crippen LogP contribution in [-0.4, -0.2) is 90.9 Å². The topological polar surface area (TPSA) is 153 Å². The zero-order valence-electron chi connectivity index (χ0n) is 23.8. The van der Waals surface area contributed by atoms with E-state index in [1.54, 1.807) is 19.1 Å². The maximum atomic E-state index is 13.1. The Morgan fingerprint density at radius 3 is 2.30 bits per heavy atom. The molecule has 0 unspecified atom stereocenters. The number of aliphatic hydroxyl groups is 3. The fourth-order valence-electron chi connectivity index (χ4n) is 4.36. The Morgan fingerprint density at radius 1 is 0.837 bits per heavy atom. The number of amides is 1. The van der Waals surface area contributed by atoms with Gasteiger partial charge in [-0.15, -0.1) is 0 Å². The van der Waals surface area contributed by atoms with Crippen molar-refractivity contribution in [2.75, 3.05) is 33.0 Å². The van der Waals surface area contributed by atoms with E-state index in [1.807, 2.05) is 66.7 Å². The van der Waals surface area contributed by atoms with Gasteiger partial charge in [-0.05, 0) is 35.7 Å². The molecule has 0 aromatic heterocycles. The van der Waals surface area contributed by atoms with Gasteiger partial charge in [-0.1, -0.05) is 66.7 Å². The molecular formula is C32H37NO10. The van der Waals surface area contributed by atoms with Gasteiger partial charge in [0.15, 0.2) is 12.9 Å². The lowest BCUT2D eigenvalue weighted by Crippen LogP contribution is -2.57. The number of carbonyl (C=O) groups is 2. The van der Waals surface area contributed by atoms with Crippen molar-refractivity contribution in [3.8, 4) is 16.9 Å². The van der Waals surface area contributed by atoms with Crippen molar-refractivity contribution in [3.05, 3.63) is 90.0 Å². The van der Waals surface area contributed by atoms with E-state index in [0.717, 1.165) is 16.7 Å². The van der Waals surface area contributed by atoms with Crippen molar-refractivity contribution < 1.29 is 48.6 Å². The number of rotatable bonds is 14. The van der Waals surface area contributed by atoms with Gasteiger partial charge in [0.2, 0.25) is 0 Å². The third-order valence-electron chi connectivity index (χ3n) is 6.76. The second-order valence-corrected chi connectivity index (χ2v) is 9.94. The van der Waals surface area contributed by atoms with Crippen LogP contribution < -0.4 is 10.1 Å². The van der Waals surface area contributed by atoms with Gasteiger partial charge in [0.25, 0.3) is 5.91 Å². The molecule has 3 aromatic rings. The van der Waals surface area contributed by atoms with Crippen LogP contribution >= 0.6 is 0 Å². The summed E-state index contributed by atoms with van der Waals surface area (Å²) in [5, 5.41) is 32.2. The lowest BCUT2D eigenvalue weighted by molar-refractivity contribution is -0.294. The van der Waals surface area contributed by atoms with Crippen molar-refractivity contribution in [2.45, 2.75) is 44.2 Å². The Bertz CT molecular complexity index is 1310. The van der Waals surface area contributed by atoms with Crippen molar-refractivity contribution in [3.63, 3.8) is 0 Å². The summed E-state index contributed by atoms with van der Waals surface area (Å²) in [5.74, 6) is -0.754. The molecule has 5 atom stereocenters. The van der Waals surface area contributed by atoms with Gasteiger partial charge in [0.1, 0.15) is 36.2 Å². The number of carbonyl (C=O) groups excluding carboxylic acids is 2. The molecule has 11 nitrogen and oxygen atoms in total. The van der Waals surface area contributed by atoms with Crippen molar-refractivity contribution in [2.24, 2.45) is 0 Å². The summed E-state index contributed by atoms with van der Waals surface area (Å²) in [4.78, 5) is 25.5. The third kappa shape index (κ3) is 9.32. The highest BCUT2D eigenvalue weighted by molar-refractivity contribution is 5.94. The van der Waals surface area contributed by atoms with Gasteiger partial charge in [-0.2, -0.15) is 0 Å². The number of ether oxygens (including phenoxy) is 5. The first-order valence-electron chi connectivity index (χ1n) is 14.0. The molecule has 1 aliphatic rings. The van der Waals surface area contributed by atoms with Crippen LogP contribution in [0.3, 0.4) is 0 Å². The molecule has 1 amide bonds. The maximum Gasteiger partial charge on any atom is 0.342 e. The van der Waals surface area contributed by atoms with Crippen LogP contribution in [-0.2, 0) is 30.3 Å². The van der Waals surface area contributed by atoms with E-state index >= 15 is 0 Å². The molecule has 0 bridgehead atoms. The van der Waals surface area contributed by atoms with Gasteiger partial charge >= 0.3 is 5.97 Å². The van der Waals surface area contributed by atoms with Crippen molar-refractivity contribution >= 4 is 11.9 Å². The molecule has 4 rings (SSSR count). The molecule has 1 aliphatic heterocycles. The predicted molar refractivity (Wildman–Crippen MR) is 155 cm³/mol. The fraction of sp³-hybridized carbons (Fsp3) is 0.375. The van der Waals surface area contributed by atoms with Crippen molar-refractivity contribution in [1.82, 2.24) is 5.32 Å². The van der Waals surface area contributed by atoms with E-state index in [2.05, 4.69) is 5.32 Å². The number of hydrogen-bond donors (Lipinski definition) is 4. The van der Waals surface area contributed by atoms with E-state index in [0.29, 0.717) is 0 Å². The SMILES string of the molecule is C[C@@H]1O[C@@H](OCCOCCNC(=O)COc2ccc(-c3ccccc3)cc2C(=O)OCc2ccccc2)[C@H](O)[C@H](O)[C@H]1O. The fourth-order valence-corrected chi connectivity index (χ4v) is 4.36. The lowest BCUT2D eigenvalue weighted by Gasteiger charge is -2.38. The molecule has 1 saturated heterocycles. The monoisotopic (exact) mass is 595 g/mol. The molecule has 43 heavy (non-hydrogen) atoms. The minimum atomic E-state index is -1.38. The van der Waals surface area contributed by atoms with Crippen molar-refractivity contribution in [1.29, 1.82) is 0 Å². The molecule has 11 heteroatoms. The van der Waals surface area contributed by atoms with Gasteiger partial charge in [0, 0.05) is 6.54 Å². The largest absolute Gasteiger partial charge is 0.483 e. The molecule has 0 saturated carbocycles. The molecule has 1 fully saturated rings. The van der Waals surface area contributed by atoms with E-state index in [1.165, 1.54) is 0 Å². The molecule has 3 aromatic carbocycles. The van der Waals surface area contributed by atoms with Crippen LogP contribution in [0, 0.1) is 0 Å². The number of aliphatic hydroxyl groups excluding tert-OH is 3. The number of hydrogen-bond acceptors (Lipinski definition) is 10. The molecule has 0 aliphatic carbocycles. The quantitative estimate of drug-likeness (QED) is 0.161. The van der Waals surface area contributed by atoms with Gasteiger partial charge in [-0.3, -0.25) is 4.79 Å². The van der Waals surface area contributed by atoms with Crippen LogP contribution in [0.5, 0.6) is 5.75 Å². The lowest BCUT2D eigenvalue weighted by atomic mass is 10.0. The zero-order chi connectivity index (χ0) is 30.6. The average Bonchev–Trinajstić information content (AvgIpc) is 3.04. The Morgan fingerprint density at radius 2 is 1.56 bits per heavy atom. The Labute approximate surface area is 249 Å². The van der Waals surface area contributed by atoms with Gasteiger partial charge < -0.3 is 44.3 Å². The van der Waals surface area contributed by atoms with Crippen LogP contribution in [0.2, 0.25) is 0 Å². The Balaban J connectivity index is 1.22. The zero-order valence-corrected chi connectivity index (χ0v) is 23.8. The first kappa shape index (κ1) is 32.1. The highest BCUT2D eigenvalue weighted by Crippen LogP contribution is 2.28. The molecule has 0 spiro atoms. The minimum absolute atomic E-state index is 0.0659. The van der Waals surface area contributed by atoms with Gasteiger partial charge in [-0.25, -0.2) is 4.79 Å². The van der Waals surface area contributed by atoms with Crippen LogP contribution in [0.25, 0.3) is 11.1 Å². The molecule has 1 heterocycles. The van der Waals surface area contributed by atoms with Gasteiger partial charge in [0.05, 0.1) is 25.9 Å². The second-order valence-electron chi connectivity index (χ2n) is 9.94. The summed E-state index contributed by atoms with van der Waals surface area (Å²) in [6.45, 7) is 1.94. The first-order valence-corrected chi connectivity index (χ1v) is 14.0. The normalized spacial score (nSPS) is 21.6. The third-order valence-corrected chi connectivity index (χ3v) is 6.76. The number of nitrogens with one attached hydrogen (secondary N) is 1. The molecule has 4 N–H and O–H groups in total. The summed E-state index contributed by atoms with van der Waals surface area (Å²) in [7, 11) is 0. The van der Waals surface area contributed by atoms with E-state index < -0.39 is 42.6 Å². The average molecular weight is 596 g/mol. The highest BCUT2D eigenvalue weighted by Gasteiger charge is 2.42. The number of esters is 1. The van der Waals surface area contributed by atoms with Crippen LogP contribution in [0.15, 0.2) is 78.9 Å². The predicted octanol–water partition coefficient (Wildman–Crippen LogP) is 2.07. The second kappa shape index (κ2) is 16.1. The summed E-state index contributed by atoms with van der Waals surface area (Å²) in [5.41, 5.74) is 2.77. The van der Waals surface area contributed by atoms with E-state index in [4.69, 9.17) is 23.7 Å². The highest BCUT2D eigenvalue weighted by atomic mass is 16.7. The summed E-state index contributed by atoms with van der Waals surface area (Å²) < 4.78 is 27.4. The van der Waals surface area contributed by atoms with Crippen LogP contribution in [0.4, 0.5) is 0 Å². The molecule has 230 valence electrons. The summed E-state index contributed by atoms with van der Waals surface area (Å²) in [6, 6.07) is 24.0. The Kier molecular flexibility index (Phi) is 12.0. The first-order chi connectivity index (χ1) is 20.8.